The highest BCUT2D eigenvalue weighted by Gasteiger charge is 2.44. The van der Waals surface area contributed by atoms with Gasteiger partial charge in [0.15, 0.2) is 6.61 Å². The summed E-state index contributed by atoms with van der Waals surface area (Å²) in [4.78, 5) is 28.7. The zero-order chi connectivity index (χ0) is 18.6. The Morgan fingerprint density at radius 1 is 1.23 bits per heavy atom. The van der Waals surface area contributed by atoms with Crippen molar-refractivity contribution in [2.75, 3.05) is 11.9 Å². The van der Waals surface area contributed by atoms with Crippen LogP contribution in [0.5, 0.6) is 0 Å². The molecule has 136 valence electrons. The van der Waals surface area contributed by atoms with Gasteiger partial charge in [-0.15, -0.1) is 0 Å². The van der Waals surface area contributed by atoms with Crippen LogP contribution in [0.25, 0.3) is 0 Å². The number of amides is 1. The van der Waals surface area contributed by atoms with Gasteiger partial charge in [-0.25, -0.2) is 9.37 Å². The summed E-state index contributed by atoms with van der Waals surface area (Å²) < 4.78 is 18.9. The largest absolute Gasteiger partial charge is 0.455 e. The van der Waals surface area contributed by atoms with Crippen molar-refractivity contribution >= 4 is 29.3 Å². The number of carbonyl (C=O) groups excluding carboxylic acids is 2. The van der Waals surface area contributed by atoms with Crippen molar-refractivity contribution in [3.63, 3.8) is 0 Å². The minimum absolute atomic E-state index is 0.316. The lowest BCUT2D eigenvalue weighted by atomic mass is 9.79. The molecule has 1 amide bonds. The molecule has 7 heteroatoms. The second kappa shape index (κ2) is 7.83. The van der Waals surface area contributed by atoms with E-state index in [1.807, 2.05) is 0 Å². The van der Waals surface area contributed by atoms with Gasteiger partial charge in [-0.3, -0.25) is 9.59 Å². The average Bonchev–Trinajstić information content (AvgIpc) is 3.13. The molecule has 26 heavy (non-hydrogen) atoms. The molecule has 0 unspecified atom stereocenters. The number of hydrogen-bond acceptors (Lipinski definition) is 4. The molecule has 0 saturated heterocycles. The highest BCUT2D eigenvalue weighted by Crippen LogP contribution is 2.42. The van der Waals surface area contributed by atoms with Crippen molar-refractivity contribution in [1.82, 2.24) is 4.98 Å². The summed E-state index contributed by atoms with van der Waals surface area (Å²) in [5.41, 5.74) is -0.291. The number of nitrogens with one attached hydrogen (secondary N) is 1. The van der Waals surface area contributed by atoms with Crippen LogP contribution in [0.1, 0.15) is 31.2 Å². The van der Waals surface area contributed by atoms with Crippen LogP contribution in [0.2, 0.25) is 5.02 Å². The number of carbonyl (C=O) groups is 2. The highest BCUT2D eigenvalue weighted by atomic mass is 35.5. The number of hydrogen-bond donors (Lipinski definition) is 1. The van der Waals surface area contributed by atoms with Gasteiger partial charge in [0.1, 0.15) is 11.6 Å². The monoisotopic (exact) mass is 376 g/mol. The summed E-state index contributed by atoms with van der Waals surface area (Å²) in [7, 11) is 0. The number of halogens is 2. The second-order valence-electron chi connectivity index (χ2n) is 6.29. The normalized spacial score (nSPS) is 15.5. The first-order valence-electron chi connectivity index (χ1n) is 8.34. The van der Waals surface area contributed by atoms with Crippen LogP contribution in [0.4, 0.5) is 10.2 Å². The Balaban J connectivity index is 1.65. The zero-order valence-electron chi connectivity index (χ0n) is 14.0. The molecule has 0 bridgehead atoms. The molecule has 1 saturated carbocycles. The summed E-state index contributed by atoms with van der Waals surface area (Å²) in [6.07, 6.45) is 4.27. The summed E-state index contributed by atoms with van der Waals surface area (Å²) in [5, 5.41) is 2.98. The van der Waals surface area contributed by atoms with Crippen LogP contribution in [0, 0.1) is 5.82 Å². The van der Waals surface area contributed by atoms with Gasteiger partial charge in [0.25, 0.3) is 5.91 Å². The number of ether oxygens (including phenoxy) is 1. The Bertz CT molecular complexity index is 805. The summed E-state index contributed by atoms with van der Waals surface area (Å²) in [6.45, 7) is -0.430. The Morgan fingerprint density at radius 2 is 2.00 bits per heavy atom. The van der Waals surface area contributed by atoms with Gasteiger partial charge in [-0.1, -0.05) is 36.6 Å². The Morgan fingerprint density at radius 3 is 2.65 bits per heavy atom. The highest BCUT2D eigenvalue weighted by molar-refractivity contribution is 6.30. The van der Waals surface area contributed by atoms with Gasteiger partial charge >= 0.3 is 5.97 Å². The number of benzene rings is 1. The molecule has 2 aromatic rings. The van der Waals surface area contributed by atoms with E-state index in [1.165, 1.54) is 18.3 Å². The lowest BCUT2D eigenvalue weighted by Crippen LogP contribution is -2.36. The Labute approximate surface area is 155 Å². The van der Waals surface area contributed by atoms with Crippen LogP contribution < -0.4 is 5.32 Å². The number of aromatic nitrogens is 1. The van der Waals surface area contributed by atoms with Crippen LogP contribution in [-0.4, -0.2) is 23.5 Å². The molecule has 1 aromatic carbocycles. The van der Waals surface area contributed by atoms with Crippen molar-refractivity contribution in [2.45, 2.75) is 31.1 Å². The van der Waals surface area contributed by atoms with Crippen LogP contribution in [0.3, 0.4) is 0 Å². The number of anilines is 1. The minimum atomic E-state index is -0.888. The maximum Gasteiger partial charge on any atom is 0.317 e. The molecule has 5 nitrogen and oxygen atoms in total. The van der Waals surface area contributed by atoms with E-state index < -0.39 is 29.7 Å². The lowest BCUT2D eigenvalue weighted by Gasteiger charge is -2.27. The van der Waals surface area contributed by atoms with Crippen LogP contribution in [0.15, 0.2) is 42.6 Å². The second-order valence-corrected chi connectivity index (χ2v) is 6.72. The molecule has 1 aromatic heterocycles. The third kappa shape index (κ3) is 4.02. The molecule has 1 fully saturated rings. The molecular weight excluding hydrogens is 359 g/mol. The summed E-state index contributed by atoms with van der Waals surface area (Å²) in [5.74, 6) is -1.08. The molecule has 0 aliphatic heterocycles. The molecule has 0 radical (unpaired) electrons. The van der Waals surface area contributed by atoms with Gasteiger partial charge in [0.05, 0.1) is 10.4 Å². The predicted octanol–water partition coefficient (Wildman–Crippen LogP) is 3.87. The first-order chi connectivity index (χ1) is 12.5. The average molecular weight is 377 g/mol. The van der Waals surface area contributed by atoms with Crippen LogP contribution >= 0.6 is 11.6 Å². The van der Waals surface area contributed by atoms with E-state index >= 15 is 0 Å². The maximum atomic E-state index is 13.6. The molecule has 1 aliphatic rings. The topological polar surface area (TPSA) is 68.3 Å². The molecule has 3 rings (SSSR count). The molecule has 1 aliphatic carbocycles. The number of rotatable bonds is 5. The van der Waals surface area contributed by atoms with E-state index in [4.69, 9.17) is 16.3 Å². The molecule has 0 atom stereocenters. The number of pyridine rings is 1. The number of nitrogens with zero attached hydrogens (tertiary/aromatic N) is 1. The van der Waals surface area contributed by atoms with Crippen molar-refractivity contribution < 1.29 is 18.7 Å². The van der Waals surface area contributed by atoms with E-state index in [0.717, 1.165) is 12.8 Å². The van der Waals surface area contributed by atoms with Crippen LogP contribution in [-0.2, 0) is 19.7 Å². The SMILES string of the molecule is O=C(COC(=O)C1(c2cccc(F)c2)CCCC1)Nc1ccc(Cl)cn1. The smallest absolute Gasteiger partial charge is 0.317 e. The fourth-order valence-electron chi connectivity index (χ4n) is 3.27. The molecule has 0 spiro atoms. The summed E-state index contributed by atoms with van der Waals surface area (Å²) >= 11 is 5.74. The van der Waals surface area contributed by atoms with Gasteiger partial charge in [-0.2, -0.15) is 0 Å². The van der Waals surface area contributed by atoms with Gasteiger partial charge in [-0.05, 0) is 42.7 Å². The zero-order valence-corrected chi connectivity index (χ0v) is 14.8. The Hall–Kier alpha value is -2.47. The fraction of sp³-hybridized carbons (Fsp3) is 0.316. The van der Waals surface area contributed by atoms with E-state index in [1.54, 1.807) is 24.3 Å². The number of esters is 1. The molecule has 1 heterocycles. The summed E-state index contributed by atoms with van der Waals surface area (Å²) in [6, 6.07) is 9.15. The van der Waals surface area contributed by atoms with E-state index in [2.05, 4.69) is 10.3 Å². The van der Waals surface area contributed by atoms with E-state index in [0.29, 0.717) is 29.2 Å². The maximum absolute atomic E-state index is 13.6. The van der Waals surface area contributed by atoms with E-state index in [-0.39, 0.29) is 0 Å². The van der Waals surface area contributed by atoms with Crippen molar-refractivity contribution in [3.05, 3.63) is 59.0 Å². The third-order valence-electron chi connectivity index (χ3n) is 4.55. The van der Waals surface area contributed by atoms with E-state index in [9.17, 15) is 14.0 Å². The van der Waals surface area contributed by atoms with Crippen molar-refractivity contribution in [2.24, 2.45) is 0 Å². The minimum Gasteiger partial charge on any atom is -0.455 e. The lowest BCUT2D eigenvalue weighted by molar-refractivity contribution is -0.153. The first-order valence-corrected chi connectivity index (χ1v) is 8.72. The molecular formula is C19H18ClFN2O3. The Kier molecular flexibility index (Phi) is 5.52. The van der Waals surface area contributed by atoms with Gasteiger partial charge in [0.2, 0.25) is 0 Å². The molecule has 1 N–H and O–H groups in total. The third-order valence-corrected chi connectivity index (χ3v) is 4.78. The fourth-order valence-corrected chi connectivity index (χ4v) is 3.39. The van der Waals surface area contributed by atoms with Gasteiger partial charge < -0.3 is 10.1 Å². The van der Waals surface area contributed by atoms with Gasteiger partial charge in [0, 0.05) is 6.20 Å². The predicted molar refractivity (Wildman–Crippen MR) is 95.4 cm³/mol. The van der Waals surface area contributed by atoms with Crippen molar-refractivity contribution in [3.8, 4) is 0 Å². The standard InChI is InChI=1S/C19H18ClFN2O3/c20-14-6-7-16(22-11-14)23-17(24)12-26-18(25)19(8-1-2-9-19)13-4-3-5-15(21)10-13/h3-7,10-11H,1-2,8-9,12H2,(H,22,23,24). The first kappa shape index (κ1) is 18.3. The quantitative estimate of drug-likeness (QED) is 0.804. The van der Waals surface area contributed by atoms with Crippen molar-refractivity contribution in [1.29, 1.82) is 0 Å².